The summed E-state index contributed by atoms with van der Waals surface area (Å²) in [5.74, 6) is 1.19. The molecule has 0 atom stereocenters. The molecule has 0 bridgehead atoms. The quantitative estimate of drug-likeness (QED) is 0.724. The largest absolute Gasteiger partial charge is 0.493 e. The van der Waals surface area contributed by atoms with E-state index in [1.807, 2.05) is 0 Å². The summed E-state index contributed by atoms with van der Waals surface area (Å²) in [6, 6.07) is 3.55. The number of carbonyl (C=O) groups excluding carboxylic acids is 1. The fourth-order valence-corrected chi connectivity index (χ4v) is 3.66. The fraction of sp³-hybridized carbons (Fsp3) is 0.588. The first-order valence-electron chi connectivity index (χ1n) is 7.95. The predicted molar refractivity (Wildman–Crippen MR) is 102 cm³/mol. The highest BCUT2D eigenvalue weighted by Crippen LogP contribution is 2.40. The van der Waals surface area contributed by atoms with E-state index in [1.54, 1.807) is 26.4 Å². The minimum Gasteiger partial charge on any atom is -0.493 e. The number of anilines is 1. The molecule has 1 aliphatic rings. The molecule has 1 amide bonds. The summed E-state index contributed by atoms with van der Waals surface area (Å²) in [5, 5.41) is 2.97. The Morgan fingerprint density at radius 3 is 2.33 bits per heavy atom. The van der Waals surface area contributed by atoms with E-state index in [1.165, 1.54) is 6.42 Å². The third kappa shape index (κ3) is 5.01. The van der Waals surface area contributed by atoms with Crippen LogP contribution in [0.25, 0.3) is 0 Å². The Kier molecular flexibility index (Phi) is 8.33. The van der Waals surface area contributed by atoms with E-state index in [4.69, 9.17) is 15.2 Å². The van der Waals surface area contributed by atoms with Gasteiger partial charge in [0.25, 0.3) is 0 Å². The van der Waals surface area contributed by atoms with Gasteiger partial charge in [-0.05, 0) is 40.7 Å². The second-order valence-corrected chi connectivity index (χ2v) is 7.03. The number of amides is 1. The summed E-state index contributed by atoms with van der Waals surface area (Å²) in [5.41, 5.74) is 6.59. The van der Waals surface area contributed by atoms with E-state index in [9.17, 15) is 4.79 Å². The Morgan fingerprint density at radius 2 is 1.79 bits per heavy atom. The number of nitrogens with one attached hydrogen (secondary N) is 1. The van der Waals surface area contributed by atoms with Gasteiger partial charge < -0.3 is 20.5 Å². The Morgan fingerprint density at radius 1 is 1.21 bits per heavy atom. The highest BCUT2D eigenvalue weighted by atomic mass is 79.9. The van der Waals surface area contributed by atoms with Crippen LogP contribution >= 0.6 is 28.3 Å². The molecular formula is C17H26BrClN2O3. The molecule has 1 aromatic carbocycles. The molecule has 1 saturated carbocycles. The number of halogens is 2. The van der Waals surface area contributed by atoms with E-state index < -0.39 is 0 Å². The maximum absolute atomic E-state index is 12.5. The number of hydrogen-bond donors (Lipinski definition) is 2. The molecule has 0 spiro atoms. The van der Waals surface area contributed by atoms with Gasteiger partial charge in [-0.3, -0.25) is 4.79 Å². The molecular weight excluding hydrogens is 396 g/mol. The number of nitrogens with two attached hydrogens (primary N) is 1. The summed E-state index contributed by atoms with van der Waals surface area (Å²) in [6.07, 6.45) is 6.08. The molecule has 136 valence electrons. The van der Waals surface area contributed by atoms with Crippen LogP contribution in [0.2, 0.25) is 0 Å². The zero-order chi connectivity index (χ0) is 16.9. The molecule has 0 radical (unpaired) electrons. The average Bonchev–Trinajstić information content (AvgIpc) is 2.57. The number of ether oxygens (including phenoxy) is 2. The van der Waals surface area contributed by atoms with Crippen molar-refractivity contribution < 1.29 is 14.3 Å². The van der Waals surface area contributed by atoms with E-state index in [0.29, 0.717) is 30.2 Å². The van der Waals surface area contributed by atoms with Crippen LogP contribution in [-0.2, 0) is 4.79 Å². The van der Waals surface area contributed by atoms with Gasteiger partial charge in [-0.15, -0.1) is 12.4 Å². The molecule has 0 saturated heterocycles. The van der Waals surface area contributed by atoms with Gasteiger partial charge in [-0.2, -0.15) is 0 Å². The minimum atomic E-state index is -0.0502. The normalized spacial score (nSPS) is 16.0. The fourth-order valence-electron chi connectivity index (χ4n) is 3.24. The van der Waals surface area contributed by atoms with Crippen molar-refractivity contribution in [2.24, 2.45) is 11.1 Å². The molecule has 2 rings (SSSR count). The Balaban J connectivity index is 0.00000288. The van der Waals surface area contributed by atoms with Crippen LogP contribution in [-0.4, -0.2) is 26.7 Å². The van der Waals surface area contributed by atoms with Crippen LogP contribution in [0.1, 0.15) is 38.5 Å². The van der Waals surface area contributed by atoms with Gasteiger partial charge in [0.15, 0.2) is 11.5 Å². The Labute approximate surface area is 158 Å². The molecule has 0 unspecified atom stereocenters. The summed E-state index contributed by atoms with van der Waals surface area (Å²) in [4.78, 5) is 12.5. The smallest absolute Gasteiger partial charge is 0.225 e. The topological polar surface area (TPSA) is 73.6 Å². The molecule has 1 aliphatic carbocycles. The summed E-state index contributed by atoms with van der Waals surface area (Å²) in [6.45, 7) is 0.563. The van der Waals surface area contributed by atoms with E-state index in [-0.39, 0.29) is 23.7 Å². The lowest BCUT2D eigenvalue weighted by atomic mass is 9.71. The first kappa shape index (κ1) is 21.1. The Hall–Kier alpha value is -0.980. The van der Waals surface area contributed by atoms with Crippen LogP contribution in [0, 0.1) is 5.41 Å². The van der Waals surface area contributed by atoms with Crippen molar-refractivity contribution in [1.82, 2.24) is 0 Å². The molecule has 0 aromatic heterocycles. The van der Waals surface area contributed by atoms with Crippen molar-refractivity contribution in [1.29, 1.82) is 0 Å². The molecule has 1 aromatic rings. The van der Waals surface area contributed by atoms with Crippen molar-refractivity contribution in [2.45, 2.75) is 38.5 Å². The first-order valence-corrected chi connectivity index (χ1v) is 8.74. The lowest BCUT2D eigenvalue weighted by Crippen LogP contribution is -2.36. The van der Waals surface area contributed by atoms with E-state index in [0.717, 1.165) is 30.2 Å². The van der Waals surface area contributed by atoms with Crippen molar-refractivity contribution in [3.63, 3.8) is 0 Å². The minimum absolute atomic E-state index is 0. The third-order valence-electron chi connectivity index (χ3n) is 4.63. The van der Waals surface area contributed by atoms with Gasteiger partial charge in [0.1, 0.15) is 0 Å². The van der Waals surface area contributed by atoms with Crippen LogP contribution in [0.3, 0.4) is 0 Å². The van der Waals surface area contributed by atoms with Gasteiger partial charge in [-0.1, -0.05) is 19.3 Å². The van der Waals surface area contributed by atoms with Gasteiger partial charge in [0.05, 0.1) is 19.9 Å². The first-order chi connectivity index (χ1) is 11.0. The standard InChI is InChI=1S/C17H25BrN2O3.ClH/c1-22-14-8-12(18)13(9-15(14)23-2)20-16(21)10-17(11-19)6-4-3-5-7-17;/h8-9H,3-7,10-11,19H2,1-2H3,(H,20,21);1H. The highest BCUT2D eigenvalue weighted by molar-refractivity contribution is 9.10. The Bertz CT molecular complexity index is 563. The van der Waals surface area contributed by atoms with E-state index in [2.05, 4.69) is 21.2 Å². The van der Waals surface area contributed by atoms with Crippen molar-refractivity contribution >= 4 is 39.9 Å². The zero-order valence-electron chi connectivity index (χ0n) is 14.2. The van der Waals surface area contributed by atoms with Crippen molar-refractivity contribution in [2.75, 3.05) is 26.1 Å². The lowest BCUT2D eigenvalue weighted by molar-refractivity contribution is -0.118. The van der Waals surface area contributed by atoms with Gasteiger partial charge in [0, 0.05) is 23.0 Å². The van der Waals surface area contributed by atoms with Crippen LogP contribution < -0.4 is 20.5 Å². The number of benzene rings is 1. The number of rotatable bonds is 6. The SMILES string of the molecule is COc1cc(Br)c(NC(=O)CC2(CN)CCCCC2)cc1OC.Cl. The van der Waals surface area contributed by atoms with Crippen LogP contribution in [0.5, 0.6) is 11.5 Å². The third-order valence-corrected chi connectivity index (χ3v) is 5.29. The second-order valence-electron chi connectivity index (χ2n) is 6.18. The average molecular weight is 422 g/mol. The molecule has 0 heterocycles. The van der Waals surface area contributed by atoms with Gasteiger partial charge in [-0.25, -0.2) is 0 Å². The molecule has 5 nitrogen and oxygen atoms in total. The molecule has 24 heavy (non-hydrogen) atoms. The lowest BCUT2D eigenvalue weighted by Gasteiger charge is -2.35. The van der Waals surface area contributed by atoms with Crippen molar-refractivity contribution in [3.05, 3.63) is 16.6 Å². The number of hydrogen-bond acceptors (Lipinski definition) is 4. The van der Waals surface area contributed by atoms with Gasteiger partial charge >= 0.3 is 0 Å². The number of methoxy groups -OCH3 is 2. The molecule has 3 N–H and O–H groups in total. The van der Waals surface area contributed by atoms with Crippen LogP contribution in [0.4, 0.5) is 5.69 Å². The van der Waals surface area contributed by atoms with Gasteiger partial charge in [0.2, 0.25) is 5.91 Å². The number of carbonyl (C=O) groups is 1. The van der Waals surface area contributed by atoms with Crippen LogP contribution in [0.15, 0.2) is 16.6 Å². The monoisotopic (exact) mass is 420 g/mol. The highest BCUT2D eigenvalue weighted by Gasteiger charge is 2.33. The summed E-state index contributed by atoms with van der Waals surface area (Å²) < 4.78 is 11.3. The molecule has 7 heteroatoms. The zero-order valence-corrected chi connectivity index (χ0v) is 16.6. The van der Waals surface area contributed by atoms with Crippen molar-refractivity contribution in [3.8, 4) is 11.5 Å². The summed E-state index contributed by atoms with van der Waals surface area (Å²) >= 11 is 3.46. The summed E-state index contributed by atoms with van der Waals surface area (Å²) in [7, 11) is 3.15. The van der Waals surface area contributed by atoms with E-state index >= 15 is 0 Å². The maximum atomic E-state index is 12.5. The molecule has 0 aliphatic heterocycles. The molecule has 1 fully saturated rings. The predicted octanol–water partition coefficient (Wildman–Crippen LogP) is 4.13. The maximum Gasteiger partial charge on any atom is 0.225 e. The second kappa shape index (κ2) is 9.49.